The number of benzene rings is 1. The molecular formula is C14H14O3. The van der Waals surface area contributed by atoms with Crippen LogP contribution in [-0.2, 0) is 16.0 Å². The molecule has 88 valence electrons. The van der Waals surface area contributed by atoms with Gasteiger partial charge < -0.3 is 9.15 Å². The Morgan fingerprint density at radius 2 is 2.00 bits per heavy atom. The number of carbonyl (C=O) groups excluding carboxylic acids is 1. The van der Waals surface area contributed by atoms with E-state index >= 15 is 0 Å². The number of esters is 1. The molecule has 3 heteroatoms. The molecule has 0 atom stereocenters. The molecule has 0 aliphatic heterocycles. The summed E-state index contributed by atoms with van der Waals surface area (Å²) in [5, 5.41) is 0. The quantitative estimate of drug-likeness (QED) is 0.761. The van der Waals surface area contributed by atoms with Crippen molar-refractivity contribution >= 4 is 5.97 Å². The Kier molecular flexibility index (Phi) is 3.28. The molecule has 0 saturated carbocycles. The minimum Gasteiger partial charge on any atom is -0.469 e. The second kappa shape index (κ2) is 4.87. The van der Waals surface area contributed by atoms with Crippen molar-refractivity contribution in [2.24, 2.45) is 0 Å². The van der Waals surface area contributed by atoms with Gasteiger partial charge in [0, 0.05) is 5.56 Å². The molecule has 1 heterocycles. The van der Waals surface area contributed by atoms with Gasteiger partial charge in [-0.3, -0.25) is 4.79 Å². The Balaban J connectivity index is 2.40. The van der Waals surface area contributed by atoms with Crippen molar-refractivity contribution in [1.29, 1.82) is 0 Å². The maximum absolute atomic E-state index is 11.3. The third-order valence-corrected chi connectivity index (χ3v) is 2.65. The second-order valence-corrected chi connectivity index (χ2v) is 3.84. The largest absolute Gasteiger partial charge is 0.469 e. The van der Waals surface area contributed by atoms with Crippen LogP contribution in [0.25, 0.3) is 11.1 Å². The van der Waals surface area contributed by atoms with Gasteiger partial charge >= 0.3 is 5.97 Å². The summed E-state index contributed by atoms with van der Waals surface area (Å²) in [6.45, 7) is 1.96. The molecule has 2 rings (SSSR count). The van der Waals surface area contributed by atoms with Crippen molar-refractivity contribution < 1.29 is 13.9 Å². The van der Waals surface area contributed by atoms with Crippen LogP contribution in [-0.4, -0.2) is 13.1 Å². The lowest BCUT2D eigenvalue weighted by Gasteiger charge is -2.03. The van der Waals surface area contributed by atoms with Crippen molar-refractivity contribution in [1.82, 2.24) is 0 Å². The molecule has 0 bridgehead atoms. The Labute approximate surface area is 100 Å². The number of carbonyl (C=O) groups is 1. The minimum absolute atomic E-state index is 0.161. The topological polar surface area (TPSA) is 39.4 Å². The zero-order valence-electron chi connectivity index (χ0n) is 9.90. The van der Waals surface area contributed by atoms with Gasteiger partial charge in [-0.2, -0.15) is 0 Å². The summed E-state index contributed by atoms with van der Waals surface area (Å²) in [6.07, 6.45) is 1.83. The SMILES string of the molecule is COC(=O)Cc1occ(C)c1-c1ccccc1. The van der Waals surface area contributed by atoms with E-state index in [1.807, 2.05) is 37.3 Å². The smallest absolute Gasteiger partial charge is 0.313 e. The van der Waals surface area contributed by atoms with Crippen LogP contribution < -0.4 is 0 Å². The molecule has 0 N–H and O–H groups in total. The molecule has 0 fully saturated rings. The summed E-state index contributed by atoms with van der Waals surface area (Å²) in [4.78, 5) is 11.3. The van der Waals surface area contributed by atoms with Gasteiger partial charge in [0.2, 0.25) is 0 Å². The van der Waals surface area contributed by atoms with Crippen molar-refractivity contribution in [2.45, 2.75) is 13.3 Å². The van der Waals surface area contributed by atoms with E-state index < -0.39 is 0 Å². The van der Waals surface area contributed by atoms with Crippen LogP contribution in [0.1, 0.15) is 11.3 Å². The van der Waals surface area contributed by atoms with Crippen LogP contribution in [0.3, 0.4) is 0 Å². The monoisotopic (exact) mass is 230 g/mol. The van der Waals surface area contributed by atoms with Crippen LogP contribution in [0.5, 0.6) is 0 Å². The molecule has 2 aromatic rings. The van der Waals surface area contributed by atoms with E-state index in [0.29, 0.717) is 5.76 Å². The predicted molar refractivity (Wildman–Crippen MR) is 64.6 cm³/mol. The minimum atomic E-state index is -0.295. The first-order valence-electron chi connectivity index (χ1n) is 5.41. The Morgan fingerprint density at radius 1 is 1.29 bits per heavy atom. The molecule has 0 aliphatic rings. The zero-order chi connectivity index (χ0) is 12.3. The van der Waals surface area contributed by atoms with Crippen molar-refractivity contribution in [3.05, 3.63) is 47.9 Å². The fraction of sp³-hybridized carbons (Fsp3) is 0.214. The lowest BCUT2D eigenvalue weighted by Crippen LogP contribution is -2.04. The first-order valence-corrected chi connectivity index (χ1v) is 5.41. The highest BCUT2D eigenvalue weighted by atomic mass is 16.5. The van der Waals surface area contributed by atoms with Gasteiger partial charge in [0.05, 0.1) is 13.4 Å². The van der Waals surface area contributed by atoms with E-state index in [4.69, 9.17) is 4.42 Å². The molecule has 0 amide bonds. The molecule has 0 aliphatic carbocycles. The molecule has 17 heavy (non-hydrogen) atoms. The summed E-state index contributed by atoms with van der Waals surface area (Å²) in [6, 6.07) is 9.88. The molecule has 1 aromatic heterocycles. The molecule has 1 aromatic carbocycles. The van der Waals surface area contributed by atoms with E-state index in [9.17, 15) is 4.79 Å². The maximum atomic E-state index is 11.3. The summed E-state index contributed by atoms with van der Waals surface area (Å²) in [5.41, 5.74) is 3.06. The first-order chi connectivity index (χ1) is 8.22. The van der Waals surface area contributed by atoms with Gasteiger partial charge in [-0.1, -0.05) is 30.3 Å². The van der Waals surface area contributed by atoms with Crippen LogP contribution in [0.2, 0.25) is 0 Å². The van der Waals surface area contributed by atoms with E-state index in [0.717, 1.165) is 16.7 Å². The first kappa shape index (κ1) is 11.5. The normalized spacial score (nSPS) is 10.2. The summed E-state index contributed by atoms with van der Waals surface area (Å²) < 4.78 is 10.1. The van der Waals surface area contributed by atoms with Gasteiger partial charge in [0.1, 0.15) is 12.2 Å². The molecule has 0 spiro atoms. The number of methoxy groups -OCH3 is 1. The van der Waals surface area contributed by atoms with E-state index in [1.54, 1.807) is 6.26 Å². The number of hydrogen-bond acceptors (Lipinski definition) is 3. The summed E-state index contributed by atoms with van der Waals surface area (Å²) in [7, 11) is 1.38. The Morgan fingerprint density at radius 3 is 2.65 bits per heavy atom. The third-order valence-electron chi connectivity index (χ3n) is 2.65. The molecular weight excluding hydrogens is 216 g/mol. The molecule has 0 saturated heterocycles. The van der Waals surface area contributed by atoms with E-state index in [-0.39, 0.29) is 12.4 Å². The number of hydrogen-bond donors (Lipinski definition) is 0. The number of ether oxygens (including phenoxy) is 1. The highest BCUT2D eigenvalue weighted by Crippen LogP contribution is 2.29. The van der Waals surface area contributed by atoms with Gasteiger partial charge in [-0.15, -0.1) is 0 Å². The molecule has 0 unspecified atom stereocenters. The lowest BCUT2D eigenvalue weighted by molar-refractivity contribution is -0.140. The highest BCUT2D eigenvalue weighted by molar-refractivity contribution is 5.77. The fourth-order valence-corrected chi connectivity index (χ4v) is 1.82. The molecule has 0 radical (unpaired) electrons. The maximum Gasteiger partial charge on any atom is 0.313 e. The van der Waals surface area contributed by atoms with E-state index in [2.05, 4.69) is 4.74 Å². The summed E-state index contributed by atoms with van der Waals surface area (Å²) in [5.74, 6) is 0.358. The van der Waals surface area contributed by atoms with Gasteiger partial charge in [0.25, 0.3) is 0 Å². The highest BCUT2D eigenvalue weighted by Gasteiger charge is 2.15. The van der Waals surface area contributed by atoms with E-state index in [1.165, 1.54) is 7.11 Å². The van der Waals surface area contributed by atoms with Crippen LogP contribution in [0.15, 0.2) is 41.0 Å². The summed E-state index contributed by atoms with van der Waals surface area (Å²) >= 11 is 0. The van der Waals surface area contributed by atoms with Crippen LogP contribution in [0.4, 0.5) is 0 Å². The second-order valence-electron chi connectivity index (χ2n) is 3.84. The lowest BCUT2D eigenvalue weighted by atomic mass is 10.0. The molecule has 3 nitrogen and oxygen atoms in total. The third kappa shape index (κ3) is 2.38. The number of furan rings is 1. The predicted octanol–water partition coefficient (Wildman–Crippen LogP) is 2.97. The van der Waals surface area contributed by atoms with Crippen molar-refractivity contribution in [3.8, 4) is 11.1 Å². The Hall–Kier alpha value is -2.03. The standard InChI is InChI=1S/C14H14O3/c1-10-9-17-12(8-13(15)16-2)14(10)11-6-4-3-5-7-11/h3-7,9H,8H2,1-2H3. The van der Waals surface area contributed by atoms with Gasteiger partial charge in [0.15, 0.2) is 0 Å². The average Bonchev–Trinajstić information content (AvgIpc) is 2.71. The van der Waals surface area contributed by atoms with Crippen molar-refractivity contribution in [2.75, 3.05) is 7.11 Å². The Bertz CT molecular complexity index is 512. The zero-order valence-corrected chi connectivity index (χ0v) is 9.90. The van der Waals surface area contributed by atoms with Crippen molar-refractivity contribution in [3.63, 3.8) is 0 Å². The van der Waals surface area contributed by atoms with Gasteiger partial charge in [-0.25, -0.2) is 0 Å². The number of rotatable bonds is 3. The fourth-order valence-electron chi connectivity index (χ4n) is 1.82. The number of aryl methyl sites for hydroxylation is 1. The van der Waals surface area contributed by atoms with Crippen LogP contribution >= 0.6 is 0 Å². The van der Waals surface area contributed by atoms with Gasteiger partial charge in [-0.05, 0) is 18.1 Å². The average molecular weight is 230 g/mol. The van der Waals surface area contributed by atoms with Crippen LogP contribution in [0, 0.1) is 6.92 Å².